The lowest BCUT2D eigenvalue weighted by Crippen LogP contribution is -2.34. The Morgan fingerprint density at radius 3 is 2.90 bits per heavy atom. The molecule has 2 rings (SSSR count). The number of ether oxygens (including phenoxy) is 1. The molecule has 21 heavy (non-hydrogen) atoms. The van der Waals surface area contributed by atoms with E-state index in [-0.39, 0.29) is 0 Å². The molecule has 2 unspecified atom stereocenters. The van der Waals surface area contributed by atoms with Crippen LogP contribution in [0.5, 0.6) is 5.75 Å². The van der Waals surface area contributed by atoms with Crippen molar-refractivity contribution in [2.75, 3.05) is 34.3 Å². The topological polar surface area (TPSA) is 48.3 Å². The van der Waals surface area contributed by atoms with Crippen molar-refractivity contribution >= 4 is 0 Å². The van der Waals surface area contributed by atoms with Gasteiger partial charge in [0.2, 0.25) is 0 Å². The minimum Gasteiger partial charge on any atom is -0.495 e. The highest BCUT2D eigenvalue weighted by Gasteiger charge is 2.29. The van der Waals surface area contributed by atoms with Crippen LogP contribution in [0.1, 0.15) is 36.4 Å². The van der Waals surface area contributed by atoms with Gasteiger partial charge in [0.15, 0.2) is 0 Å². The second-order valence-electron chi connectivity index (χ2n) is 5.81. The minimum absolute atomic E-state index is 0.359. The molecular formula is C17H25N3O. The van der Waals surface area contributed by atoms with Crippen molar-refractivity contribution in [1.82, 2.24) is 10.2 Å². The molecule has 0 aromatic heterocycles. The number of nitrogens with one attached hydrogen (secondary N) is 1. The Bertz CT molecular complexity index is 509. The van der Waals surface area contributed by atoms with Gasteiger partial charge >= 0.3 is 0 Å². The molecule has 1 fully saturated rings. The molecule has 4 nitrogen and oxygen atoms in total. The molecule has 1 N–H and O–H groups in total. The summed E-state index contributed by atoms with van der Waals surface area (Å²) >= 11 is 0. The summed E-state index contributed by atoms with van der Waals surface area (Å²) in [5, 5.41) is 12.6. The third-order valence-corrected chi connectivity index (χ3v) is 4.41. The van der Waals surface area contributed by atoms with Crippen molar-refractivity contribution in [3.05, 3.63) is 29.3 Å². The van der Waals surface area contributed by atoms with E-state index in [9.17, 15) is 5.26 Å². The molecule has 0 bridgehead atoms. The SMILES string of the molecule is CNCC1CCCCN(C)C1c1ccc(OC)c(C#N)c1. The highest BCUT2D eigenvalue weighted by atomic mass is 16.5. The van der Waals surface area contributed by atoms with E-state index in [4.69, 9.17) is 4.74 Å². The van der Waals surface area contributed by atoms with Crippen LogP contribution in [-0.4, -0.2) is 39.2 Å². The van der Waals surface area contributed by atoms with Gasteiger partial charge in [-0.2, -0.15) is 5.26 Å². The number of benzene rings is 1. The lowest BCUT2D eigenvalue weighted by molar-refractivity contribution is 0.191. The monoisotopic (exact) mass is 287 g/mol. The molecule has 1 aliphatic heterocycles. The summed E-state index contributed by atoms with van der Waals surface area (Å²) < 4.78 is 5.26. The fraction of sp³-hybridized carbons (Fsp3) is 0.588. The van der Waals surface area contributed by atoms with Gasteiger partial charge in [-0.3, -0.25) is 4.90 Å². The van der Waals surface area contributed by atoms with Crippen molar-refractivity contribution in [3.63, 3.8) is 0 Å². The number of methoxy groups -OCH3 is 1. The highest BCUT2D eigenvalue weighted by molar-refractivity contribution is 5.46. The number of nitrogens with zero attached hydrogens (tertiary/aromatic N) is 2. The Balaban J connectivity index is 2.37. The summed E-state index contributed by atoms with van der Waals surface area (Å²) in [5.41, 5.74) is 1.84. The summed E-state index contributed by atoms with van der Waals surface area (Å²) in [6, 6.07) is 8.62. The first kappa shape index (κ1) is 15.8. The van der Waals surface area contributed by atoms with Gasteiger partial charge in [-0.1, -0.05) is 12.5 Å². The van der Waals surface area contributed by atoms with Crippen LogP contribution < -0.4 is 10.1 Å². The lowest BCUT2D eigenvalue weighted by Gasteiger charge is -2.33. The summed E-state index contributed by atoms with van der Waals surface area (Å²) in [4.78, 5) is 2.43. The molecule has 0 aliphatic carbocycles. The summed E-state index contributed by atoms with van der Waals surface area (Å²) in [5.74, 6) is 1.23. The van der Waals surface area contributed by atoms with Crippen LogP contribution in [0.4, 0.5) is 0 Å². The van der Waals surface area contributed by atoms with E-state index in [0.717, 1.165) is 13.1 Å². The van der Waals surface area contributed by atoms with Gasteiger partial charge in [0.05, 0.1) is 12.7 Å². The van der Waals surface area contributed by atoms with Crippen LogP contribution in [0.25, 0.3) is 0 Å². The summed E-state index contributed by atoms with van der Waals surface area (Å²) in [6.07, 6.45) is 3.74. The van der Waals surface area contributed by atoms with E-state index in [2.05, 4.69) is 29.4 Å². The molecule has 0 spiro atoms. The minimum atomic E-state index is 0.359. The molecule has 1 aromatic rings. The molecule has 2 atom stereocenters. The van der Waals surface area contributed by atoms with Crippen LogP contribution in [-0.2, 0) is 0 Å². The van der Waals surface area contributed by atoms with E-state index >= 15 is 0 Å². The Morgan fingerprint density at radius 2 is 2.24 bits per heavy atom. The predicted molar refractivity (Wildman–Crippen MR) is 84.3 cm³/mol. The third-order valence-electron chi connectivity index (χ3n) is 4.41. The Kier molecular flexibility index (Phi) is 5.60. The van der Waals surface area contributed by atoms with Gasteiger partial charge < -0.3 is 10.1 Å². The molecule has 4 heteroatoms. The maximum absolute atomic E-state index is 9.31. The van der Waals surface area contributed by atoms with Crippen molar-refractivity contribution in [1.29, 1.82) is 5.26 Å². The number of rotatable bonds is 4. The second-order valence-corrected chi connectivity index (χ2v) is 5.81. The maximum Gasteiger partial charge on any atom is 0.136 e. The van der Waals surface area contributed by atoms with E-state index in [1.54, 1.807) is 7.11 Å². The molecule has 1 aliphatic rings. The van der Waals surface area contributed by atoms with Crippen LogP contribution in [0.2, 0.25) is 0 Å². The molecule has 0 amide bonds. The van der Waals surface area contributed by atoms with Crippen LogP contribution in [0, 0.1) is 17.2 Å². The zero-order valence-corrected chi connectivity index (χ0v) is 13.2. The van der Waals surface area contributed by atoms with Crippen molar-refractivity contribution in [2.24, 2.45) is 5.92 Å². The molecule has 0 radical (unpaired) electrons. The predicted octanol–water partition coefficient (Wildman–Crippen LogP) is 2.56. The first-order valence-electron chi connectivity index (χ1n) is 7.64. The molecule has 1 heterocycles. The first-order valence-corrected chi connectivity index (χ1v) is 7.64. The fourth-order valence-corrected chi connectivity index (χ4v) is 3.42. The molecule has 1 saturated heterocycles. The van der Waals surface area contributed by atoms with Crippen molar-refractivity contribution < 1.29 is 4.74 Å². The van der Waals surface area contributed by atoms with Gasteiger partial charge in [-0.15, -0.1) is 0 Å². The van der Waals surface area contributed by atoms with Crippen molar-refractivity contribution in [2.45, 2.75) is 25.3 Å². The van der Waals surface area contributed by atoms with Gasteiger partial charge in [0.25, 0.3) is 0 Å². The number of hydrogen-bond donors (Lipinski definition) is 1. The number of likely N-dealkylation sites (tertiary alicyclic amines) is 1. The normalized spacial score (nSPS) is 23.3. The molecule has 1 aromatic carbocycles. The zero-order chi connectivity index (χ0) is 15.2. The standard InChI is InChI=1S/C17H25N3O/c1-19-12-14-6-4-5-9-20(2)17(14)13-7-8-16(21-3)15(10-13)11-18/h7-8,10,14,17,19H,4-6,9,12H2,1-3H3. The van der Waals surface area contributed by atoms with E-state index < -0.39 is 0 Å². The summed E-state index contributed by atoms with van der Waals surface area (Å²) in [6.45, 7) is 2.11. The Labute approximate surface area is 127 Å². The van der Waals surface area contributed by atoms with Gasteiger partial charge in [0, 0.05) is 6.04 Å². The average Bonchev–Trinajstić information content (AvgIpc) is 2.68. The lowest BCUT2D eigenvalue weighted by atomic mass is 9.88. The second kappa shape index (κ2) is 7.44. The molecule has 0 saturated carbocycles. The van der Waals surface area contributed by atoms with E-state index in [1.165, 1.54) is 24.8 Å². The molecular weight excluding hydrogens is 262 g/mol. The molecule has 114 valence electrons. The van der Waals surface area contributed by atoms with E-state index in [1.807, 2.05) is 19.2 Å². The maximum atomic E-state index is 9.31. The van der Waals surface area contributed by atoms with Crippen molar-refractivity contribution in [3.8, 4) is 11.8 Å². The summed E-state index contributed by atoms with van der Waals surface area (Å²) in [7, 11) is 5.81. The Hall–Kier alpha value is -1.57. The third kappa shape index (κ3) is 3.55. The zero-order valence-electron chi connectivity index (χ0n) is 13.2. The van der Waals surface area contributed by atoms with Gasteiger partial charge in [-0.05, 0) is 63.6 Å². The van der Waals surface area contributed by atoms with E-state index in [0.29, 0.717) is 23.3 Å². The first-order chi connectivity index (χ1) is 10.2. The number of nitriles is 1. The largest absolute Gasteiger partial charge is 0.495 e. The number of hydrogen-bond acceptors (Lipinski definition) is 4. The Morgan fingerprint density at radius 1 is 1.43 bits per heavy atom. The average molecular weight is 287 g/mol. The van der Waals surface area contributed by atoms with Crippen LogP contribution >= 0.6 is 0 Å². The smallest absolute Gasteiger partial charge is 0.136 e. The highest BCUT2D eigenvalue weighted by Crippen LogP contribution is 2.35. The van der Waals surface area contributed by atoms with Gasteiger partial charge in [-0.25, -0.2) is 0 Å². The van der Waals surface area contributed by atoms with Crippen LogP contribution in [0.15, 0.2) is 18.2 Å². The van der Waals surface area contributed by atoms with Gasteiger partial charge in [0.1, 0.15) is 11.8 Å². The quantitative estimate of drug-likeness (QED) is 0.924. The fourth-order valence-electron chi connectivity index (χ4n) is 3.42. The van der Waals surface area contributed by atoms with Crippen LogP contribution in [0.3, 0.4) is 0 Å².